The van der Waals surface area contributed by atoms with Crippen molar-refractivity contribution in [2.45, 2.75) is 18.7 Å². The monoisotopic (exact) mass is 264 g/mol. The molecule has 1 rings (SSSR count). The van der Waals surface area contributed by atoms with Crippen molar-refractivity contribution in [2.24, 2.45) is 0 Å². The van der Waals surface area contributed by atoms with Gasteiger partial charge in [-0.3, -0.25) is 0 Å². The van der Waals surface area contributed by atoms with Crippen LogP contribution in [0.4, 0.5) is 19.0 Å². The lowest BCUT2D eigenvalue weighted by atomic mass is 10.2. The van der Waals surface area contributed by atoms with E-state index >= 15 is 0 Å². The molecule has 0 aliphatic heterocycles. The van der Waals surface area contributed by atoms with Crippen molar-refractivity contribution >= 4 is 11.8 Å². The Morgan fingerprint density at radius 2 is 2.11 bits per heavy atom. The van der Waals surface area contributed by atoms with Gasteiger partial charge in [-0.05, 0) is 18.6 Å². The zero-order valence-electron chi connectivity index (χ0n) is 9.11. The molecular weight excluding hydrogens is 253 g/mol. The predicted octanol–water partition coefficient (Wildman–Crippen LogP) is 1.50. The van der Waals surface area contributed by atoms with Crippen LogP contribution >= 0.6 is 0 Å². The van der Waals surface area contributed by atoms with Gasteiger partial charge in [0.2, 0.25) is 0 Å². The third-order valence-corrected chi connectivity index (χ3v) is 2.07. The molecule has 0 bridgehead atoms. The highest BCUT2D eigenvalue weighted by molar-refractivity contribution is 5.85. The maximum atomic E-state index is 12.0. The van der Waals surface area contributed by atoms with Gasteiger partial charge in [0.15, 0.2) is 11.8 Å². The van der Waals surface area contributed by atoms with Crippen molar-refractivity contribution in [1.82, 2.24) is 4.98 Å². The topological polar surface area (TPSA) is 82.5 Å². The number of alkyl halides is 3. The summed E-state index contributed by atoms with van der Waals surface area (Å²) in [6, 6.07) is 4.10. The number of aliphatic hydroxyl groups excluding tert-OH is 1. The van der Waals surface area contributed by atoms with E-state index in [1.54, 1.807) is 0 Å². The molecule has 0 aromatic carbocycles. The number of pyridine rings is 1. The molecule has 8 heteroatoms. The fourth-order valence-electron chi connectivity index (χ4n) is 1.15. The van der Waals surface area contributed by atoms with Crippen molar-refractivity contribution in [3.63, 3.8) is 0 Å². The van der Waals surface area contributed by atoms with E-state index in [-0.39, 0.29) is 18.1 Å². The maximum Gasteiger partial charge on any atom is 0.414 e. The van der Waals surface area contributed by atoms with Crippen LogP contribution in [0, 0.1) is 0 Å². The Hall–Kier alpha value is -1.83. The number of carboxylic acid groups (broad SMARTS) is 1. The van der Waals surface area contributed by atoms with Crippen molar-refractivity contribution < 1.29 is 28.2 Å². The Labute approximate surface area is 100 Å². The van der Waals surface area contributed by atoms with Crippen LogP contribution in [0.15, 0.2) is 18.2 Å². The molecule has 1 aromatic heterocycles. The summed E-state index contributed by atoms with van der Waals surface area (Å²) in [5.41, 5.74) is -0.212. The lowest BCUT2D eigenvalue weighted by Crippen LogP contribution is -2.30. The smallest absolute Gasteiger partial charge is 0.414 e. The van der Waals surface area contributed by atoms with Gasteiger partial charge >= 0.3 is 12.1 Å². The first-order valence-electron chi connectivity index (χ1n) is 4.99. The first-order valence-corrected chi connectivity index (χ1v) is 4.99. The quantitative estimate of drug-likeness (QED) is 0.750. The first-order chi connectivity index (χ1) is 8.30. The fraction of sp³-hybridized carbons (Fsp3) is 0.400. The van der Waals surface area contributed by atoms with Crippen molar-refractivity contribution in [2.75, 3.05) is 11.9 Å². The number of aliphatic hydroxyl groups is 1. The average Bonchev–Trinajstić information content (AvgIpc) is 2.28. The van der Waals surface area contributed by atoms with Crippen LogP contribution in [0.25, 0.3) is 0 Å². The summed E-state index contributed by atoms with van der Waals surface area (Å²) >= 11 is 0. The van der Waals surface area contributed by atoms with Crippen molar-refractivity contribution in [3.8, 4) is 0 Å². The summed E-state index contributed by atoms with van der Waals surface area (Å²) in [7, 11) is 0. The molecule has 1 aromatic rings. The zero-order chi connectivity index (χ0) is 13.8. The second kappa shape index (κ2) is 5.67. The van der Waals surface area contributed by atoms with E-state index in [0.717, 1.165) is 0 Å². The molecule has 3 N–H and O–H groups in total. The minimum absolute atomic E-state index is 0.143. The summed E-state index contributed by atoms with van der Waals surface area (Å²) in [4.78, 5) is 14.2. The Bertz CT molecular complexity index is 423. The van der Waals surface area contributed by atoms with Crippen LogP contribution in [0.2, 0.25) is 0 Å². The van der Waals surface area contributed by atoms with E-state index in [9.17, 15) is 18.0 Å². The summed E-state index contributed by atoms with van der Waals surface area (Å²) < 4.78 is 35.9. The van der Waals surface area contributed by atoms with E-state index < -0.39 is 24.7 Å². The van der Waals surface area contributed by atoms with Gasteiger partial charge in [0.25, 0.3) is 0 Å². The highest BCUT2D eigenvalue weighted by atomic mass is 19.4. The standard InChI is InChI=1S/C10H11F3N2O3/c11-10(12,13)7(16)4-5-14-8-3-1-2-6(15-8)9(17)18/h1-3,7,16H,4-5H2,(H,14,15)(H,17,18). The Morgan fingerprint density at radius 3 is 2.67 bits per heavy atom. The van der Waals surface area contributed by atoms with Gasteiger partial charge < -0.3 is 15.5 Å². The molecule has 1 heterocycles. The van der Waals surface area contributed by atoms with Crippen LogP contribution in [-0.2, 0) is 0 Å². The highest BCUT2D eigenvalue weighted by Gasteiger charge is 2.37. The highest BCUT2D eigenvalue weighted by Crippen LogP contribution is 2.22. The Balaban J connectivity index is 2.49. The van der Waals surface area contributed by atoms with Crippen LogP contribution in [0.5, 0.6) is 0 Å². The van der Waals surface area contributed by atoms with E-state index in [0.29, 0.717) is 0 Å². The van der Waals surface area contributed by atoms with Crippen molar-refractivity contribution in [3.05, 3.63) is 23.9 Å². The minimum Gasteiger partial charge on any atom is -0.477 e. The first kappa shape index (κ1) is 14.2. The Morgan fingerprint density at radius 1 is 1.44 bits per heavy atom. The molecule has 0 saturated carbocycles. The van der Waals surface area contributed by atoms with Crippen LogP contribution in [0.1, 0.15) is 16.9 Å². The number of hydrogen-bond donors (Lipinski definition) is 3. The van der Waals surface area contributed by atoms with Gasteiger partial charge in [-0.15, -0.1) is 0 Å². The minimum atomic E-state index is -4.65. The SMILES string of the molecule is O=C(O)c1cccc(NCCC(O)C(F)(F)F)n1. The fourth-order valence-corrected chi connectivity index (χ4v) is 1.15. The van der Waals surface area contributed by atoms with Gasteiger partial charge in [-0.25, -0.2) is 9.78 Å². The number of carbonyl (C=O) groups is 1. The second-order valence-corrected chi connectivity index (χ2v) is 3.49. The van der Waals surface area contributed by atoms with Gasteiger partial charge in [-0.1, -0.05) is 6.07 Å². The average molecular weight is 264 g/mol. The molecule has 1 unspecified atom stereocenters. The molecule has 5 nitrogen and oxygen atoms in total. The van der Waals surface area contributed by atoms with Crippen LogP contribution in [0.3, 0.4) is 0 Å². The number of nitrogens with zero attached hydrogens (tertiary/aromatic N) is 1. The maximum absolute atomic E-state index is 12.0. The summed E-state index contributed by atoms with van der Waals surface area (Å²) in [6.07, 6.45) is -7.60. The molecule has 0 amide bonds. The van der Waals surface area contributed by atoms with E-state index in [2.05, 4.69) is 10.3 Å². The molecule has 0 aliphatic carbocycles. The van der Waals surface area contributed by atoms with Gasteiger partial charge in [0, 0.05) is 6.54 Å². The lowest BCUT2D eigenvalue weighted by molar-refractivity contribution is -0.204. The van der Waals surface area contributed by atoms with Gasteiger partial charge in [0.1, 0.15) is 5.82 Å². The molecule has 100 valence electrons. The molecule has 0 radical (unpaired) electrons. The molecule has 0 saturated heterocycles. The molecule has 0 spiro atoms. The second-order valence-electron chi connectivity index (χ2n) is 3.49. The lowest BCUT2D eigenvalue weighted by Gasteiger charge is -2.14. The summed E-state index contributed by atoms with van der Waals surface area (Å²) in [6.45, 7) is -0.170. The van der Waals surface area contributed by atoms with Crippen molar-refractivity contribution in [1.29, 1.82) is 0 Å². The summed E-state index contributed by atoms with van der Waals surface area (Å²) in [5.74, 6) is -1.08. The molecule has 1 atom stereocenters. The number of hydrogen-bond acceptors (Lipinski definition) is 4. The normalized spacial score (nSPS) is 13.1. The van der Waals surface area contributed by atoms with E-state index in [1.165, 1.54) is 18.2 Å². The number of halogens is 3. The number of rotatable bonds is 5. The predicted molar refractivity (Wildman–Crippen MR) is 56.4 cm³/mol. The number of anilines is 1. The molecule has 0 fully saturated rings. The largest absolute Gasteiger partial charge is 0.477 e. The van der Waals surface area contributed by atoms with E-state index in [4.69, 9.17) is 10.2 Å². The molecule has 0 aliphatic rings. The number of aromatic carboxylic acids is 1. The number of aromatic nitrogens is 1. The molecular formula is C10H11F3N2O3. The van der Waals surface area contributed by atoms with Crippen LogP contribution < -0.4 is 5.32 Å². The zero-order valence-corrected chi connectivity index (χ0v) is 9.11. The number of carboxylic acids is 1. The summed E-state index contributed by atoms with van der Waals surface area (Å²) in [5, 5.41) is 19.9. The Kier molecular flexibility index (Phi) is 4.49. The van der Waals surface area contributed by atoms with Gasteiger partial charge in [-0.2, -0.15) is 13.2 Å². The third kappa shape index (κ3) is 4.21. The van der Waals surface area contributed by atoms with E-state index in [1.807, 2.05) is 0 Å². The third-order valence-electron chi connectivity index (χ3n) is 2.07. The molecule has 18 heavy (non-hydrogen) atoms. The van der Waals surface area contributed by atoms with Gasteiger partial charge in [0.05, 0.1) is 0 Å². The van der Waals surface area contributed by atoms with Crippen LogP contribution in [-0.4, -0.2) is 40.0 Å². The number of nitrogens with one attached hydrogen (secondary N) is 1.